The van der Waals surface area contributed by atoms with Crippen LogP contribution in [0.3, 0.4) is 0 Å². The third kappa shape index (κ3) is 3.76. The Bertz CT molecular complexity index is 992. The maximum Gasteiger partial charge on any atom is 0.163 e. The van der Waals surface area contributed by atoms with Crippen molar-refractivity contribution in [2.75, 3.05) is 7.11 Å². The Balaban J connectivity index is 1.59. The van der Waals surface area contributed by atoms with E-state index in [-0.39, 0.29) is 11.7 Å². The van der Waals surface area contributed by atoms with Crippen molar-refractivity contribution in [3.05, 3.63) is 53.2 Å². The molecule has 1 saturated carbocycles. The van der Waals surface area contributed by atoms with E-state index in [0.29, 0.717) is 30.0 Å². The molecule has 1 aromatic heterocycles. The van der Waals surface area contributed by atoms with Crippen molar-refractivity contribution in [3.63, 3.8) is 0 Å². The van der Waals surface area contributed by atoms with Gasteiger partial charge in [-0.3, -0.25) is 4.79 Å². The first-order valence-corrected chi connectivity index (χ1v) is 9.93. The molecule has 0 aliphatic heterocycles. The van der Waals surface area contributed by atoms with Crippen molar-refractivity contribution in [2.45, 2.75) is 38.3 Å². The lowest BCUT2D eigenvalue weighted by molar-refractivity contribution is 0.0935. The van der Waals surface area contributed by atoms with Gasteiger partial charge < -0.3 is 4.74 Å². The highest BCUT2D eigenvalue weighted by atomic mass is 35.5. The minimum Gasteiger partial charge on any atom is -0.497 e. The molecule has 0 saturated heterocycles. The van der Waals surface area contributed by atoms with E-state index < -0.39 is 6.17 Å². The molecule has 1 fully saturated rings. The number of carbonyl (C=O) groups is 1. The van der Waals surface area contributed by atoms with Crippen LogP contribution in [-0.2, 0) is 0 Å². The number of nitrogens with zero attached hydrogens (tertiary/aromatic N) is 2. The van der Waals surface area contributed by atoms with E-state index in [0.717, 1.165) is 35.2 Å². The van der Waals surface area contributed by atoms with Crippen LogP contribution in [-0.4, -0.2) is 28.8 Å². The van der Waals surface area contributed by atoms with Gasteiger partial charge >= 0.3 is 0 Å². The standard InChI is InChI=1S/C22H22ClFN2O2/c1-28-18-9-7-17(8-10-18)26-20-11-4-15(13-19(20)22(23)25-26)21(27)12-14-2-5-16(24)6-3-14/h4,7-11,13-14,16H,2-3,5-6,12H2,1H3. The highest BCUT2D eigenvalue weighted by Gasteiger charge is 2.23. The normalized spacial score (nSPS) is 19.7. The summed E-state index contributed by atoms with van der Waals surface area (Å²) in [5.41, 5.74) is 2.33. The van der Waals surface area contributed by atoms with Crippen molar-refractivity contribution in [3.8, 4) is 11.4 Å². The van der Waals surface area contributed by atoms with Gasteiger partial charge in [-0.2, -0.15) is 5.10 Å². The predicted octanol–water partition coefficient (Wildman–Crippen LogP) is 5.79. The van der Waals surface area contributed by atoms with Crippen molar-refractivity contribution >= 4 is 28.3 Å². The largest absolute Gasteiger partial charge is 0.497 e. The van der Waals surface area contributed by atoms with Crippen LogP contribution in [0.25, 0.3) is 16.6 Å². The minimum absolute atomic E-state index is 0.0810. The minimum atomic E-state index is -0.703. The Kier molecular flexibility index (Phi) is 5.36. The molecule has 4 rings (SSSR count). The summed E-state index contributed by atoms with van der Waals surface area (Å²) in [5.74, 6) is 1.12. The van der Waals surface area contributed by atoms with Crippen molar-refractivity contribution in [1.82, 2.24) is 9.78 Å². The number of rotatable bonds is 5. The molecular weight excluding hydrogens is 379 g/mol. The van der Waals surface area contributed by atoms with Gasteiger partial charge in [0.15, 0.2) is 10.9 Å². The fraction of sp³-hybridized carbons (Fsp3) is 0.364. The van der Waals surface area contributed by atoms with Gasteiger partial charge in [0.25, 0.3) is 0 Å². The van der Waals surface area contributed by atoms with Crippen LogP contribution in [0, 0.1) is 5.92 Å². The first kappa shape index (κ1) is 18.9. The number of Topliss-reactive ketones (excluding diaryl/α,β-unsaturated/α-hetero) is 1. The van der Waals surface area contributed by atoms with Gasteiger partial charge in [-0.1, -0.05) is 11.6 Å². The summed E-state index contributed by atoms with van der Waals surface area (Å²) < 4.78 is 20.3. The first-order valence-electron chi connectivity index (χ1n) is 9.55. The predicted molar refractivity (Wildman–Crippen MR) is 108 cm³/mol. The van der Waals surface area contributed by atoms with E-state index in [4.69, 9.17) is 16.3 Å². The number of methoxy groups -OCH3 is 1. The third-order valence-corrected chi connectivity index (χ3v) is 5.80. The van der Waals surface area contributed by atoms with E-state index in [9.17, 15) is 9.18 Å². The molecule has 3 aromatic rings. The van der Waals surface area contributed by atoms with Crippen LogP contribution in [0.2, 0.25) is 5.15 Å². The molecule has 1 heterocycles. The van der Waals surface area contributed by atoms with Gasteiger partial charge in [-0.25, -0.2) is 9.07 Å². The van der Waals surface area contributed by atoms with Crippen LogP contribution in [0.4, 0.5) is 4.39 Å². The SMILES string of the molecule is COc1ccc(-n2nc(Cl)c3cc(C(=O)CC4CCC(F)CC4)ccc32)cc1. The Morgan fingerprint density at radius 1 is 1.18 bits per heavy atom. The Labute approximate surface area is 168 Å². The van der Waals surface area contributed by atoms with Crippen LogP contribution in [0.1, 0.15) is 42.5 Å². The number of hydrogen-bond donors (Lipinski definition) is 0. The molecule has 1 aliphatic rings. The van der Waals surface area contributed by atoms with E-state index in [2.05, 4.69) is 5.10 Å². The molecular formula is C22H22ClFN2O2. The van der Waals surface area contributed by atoms with Gasteiger partial charge in [-0.05, 0) is 74.1 Å². The first-order chi connectivity index (χ1) is 13.5. The molecule has 0 radical (unpaired) electrons. The van der Waals surface area contributed by atoms with Crippen LogP contribution < -0.4 is 4.74 Å². The fourth-order valence-electron chi connectivity index (χ4n) is 3.88. The average molecular weight is 401 g/mol. The summed E-state index contributed by atoms with van der Waals surface area (Å²) in [4.78, 5) is 12.7. The van der Waals surface area contributed by atoms with Gasteiger partial charge in [-0.15, -0.1) is 0 Å². The summed E-state index contributed by atoms with van der Waals surface area (Å²) in [5, 5.41) is 5.53. The molecule has 0 N–H and O–H groups in total. The second-order valence-electron chi connectivity index (χ2n) is 7.38. The summed E-state index contributed by atoms with van der Waals surface area (Å²) in [6.45, 7) is 0. The second kappa shape index (κ2) is 7.92. The quantitative estimate of drug-likeness (QED) is 0.509. The smallest absolute Gasteiger partial charge is 0.163 e. The number of ether oxygens (including phenoxy) is 1. The molecule has 0 spiro atoms. The highest BCUT2D eigenvalue weighted by molar-refractivity contribution is 6.34. The lowest BCUT2D eigenvalue weighted by Crippen LogP contribution is -2.18. The van der Waals surface area contributed by atoms with Gasteiger partial charge in [0.2, 0.25) is 0 Å². The molecule has 0 amide bonds. The van der Waals surface area contributed by atoms with E-state index in [1.54, 1.807) is 11.8 Å². The summed E-state index contributed by atoms with van der Waals surface area (Å²) in [7, 11) is 1.62. The monoisotopic (exact) mass is 400 g/mol. The van der Waals surface area contributed by atoms with E-state index in [1.807, 2.05) is 42.5 Å². The second-order valence-corrected chi connectivity index (χ2v) is 7.74. The topological polar surface area (TPSA) is 44.1 Å². The number of hydrogen-bond acceptors (Lipinski definition) is 3. The maximum absolute atomic E-state index is 13.3. The third-order valence-electron chi connectivity index (χ3n) is 5.52. The Morgan fingerprint density at radius 2 is 1.89 bits per heavy atom. The molecule has 0 unspecified atom stereocenters. The number of halogens is 2. The molecule has 1 aliphatic carbocycles. The fourth-order valence-corrected chi connectivity index (χ4v) is 4.11. The molecule has 2 aromatic carbocycles. The molecule has 0 atom stereocenters. The lowest BCUT2D eigenvalue weighted by atomic mass is 9.84. The van der Waals surface area contributed by atoms with Gasteiger partial charge in [0.1, 0.15) is 11.9 Å². The average Bonchev–Trinajstić information content (AvgIpc) is 3.06. The maximum atomic E-state index is 13.3. The zero-order valence-electron chi connectivity index (χ0n) is 15.7. The number of fused-ring (bicyclic) bond motifs is 1. The van der Waals surface area contributed by atoms with Crippen LogP contribution in [0.15, 0.2) is 42.5 Å². The summed E-state index contributed by atoms with van der Waals surface area (Å²) in [6.07, 6.45) is 2.46. The lowest BCUT2D eigenvalue weighted by Gasteiger charge is -2.23. The number of ketones is 1. The van der Waals surface area contributed by atoms with Gasteiger partial charge in [0.05, 0.1) is 18.3 Å². The summed E-state index contributed by atoms with van der Waals surface area (Å²) in [6, 6.07) is 13.0. The number of aromatic nitrogens is 2. The van der Waals surface area contributed by atoms with Crippen molar-refractivity contribution in [2.24, 2.45) is 5.92 Å². The van der Waals surface area contributed by atoms with Gasteiger partial charge in [0, 0.05) is 17.4 Å². The summed E-state index contributed by atoms with van der Waals surface area (Å²) >= 11 is 6.36. The number of carbonyl (C=O) groups excluding carboxylic acids is 1. The number of benzene rings is 2. The van der Waals surface area contributed by atoms with Crippen molar-refractivity contribution < 1.29 is 13.9 Å². The Hall–Kier alpha value is -2.40. The van der Waals surface area contributed by atoms with Crippen molar-refractivity contribution in [1.29, 1.82) is 0 Å². The molecule has 146 valence electrons. The highest BCUT2D eigenvalue weighted by Crippen LogP contribution is 2.31. The van der Waals surface area contributed by atoms with Crippen LogP contribution in [0.5, 0.6) is 5.75 Å². The molecule has 6 heteroatoms. The Morgan fingerprint density at radius 3 is 2.57 bits per heavy atom. The number of alkyl halides is 1. The molecule has 4 nitrogen and oxygen atoms in total. The van der Waals surface area contributed by atoms with E-state index in [1.165, 1.54) is 0 Å². The van der Waals surface area contributed by atoms with E-state index >= 15 is 0 Å². The molecule has 0 bridgehead atoms. The van der Waals surface area contributed by atoms with Crippen LogP contribution >= 0.6 is 11.6 Å². The zero-order chi connectivity index (χ0) is 19.7. The molecule has 28 heavy (non-hydrogen) atoms. The zero-order valence-corrected chi connectivity index (χ0v) is 16.5.